The van der Waals surface area contributed by atoms with Gasteiger partial charge in [0.05, 0.1) is 6.54 Å². The molecule has 178 valence electrons. The van der Waals surface area contributed by atoms with Crippen LogP contribution in [-0.2, 0) is 6.54 Å². The molecule has 1 saturated heterocycles. The molecule has 1 aliphatic rings. The lowest BCUT2D eigenvalue weighted by Gasteiger charge is -2.17. The van der Waals surface area contributed by atoms with Crippen molar-refractivity contribution in [3.8, 4) is 5.75 Å². The van der Waals surface area contributed by atoms with Crippen molar-refractivity contribution in [3.05, 3.63) is 96.2 Å². The van der Waals surface area contributed by atoms with Crippen LogP contribution < -0.4 is 15.4 Å². The van der Waals surface area contributed by atoms with Gasteiger partial charge in [0.2, 0.25) is 0 Å². The van der Waals surface area contributed by atoms with Crippen LogP contribution in [0.3, 0.4) is 0 Å². The van der Waals surface area contributed by atoms with Crippen LogP contribution >= 0.6 is 0 Å². The standard InChI is InChI=1S/C26H24FN5O3/c27-20-3-1-19(2-4-20)25(33)32-13-10-23(17-32)35-22-7-5-21(6-8-22)30-26(34)29-16-18-9-12-31-14-11-28-24(31)15-18/h1-9,11-12,14-15,23H,10,13,16-17H2,(H2,29,30,34)/t23-/m1/s1. The zero-order valence-electron chi connectivity index (χ0n) is 18.9. The smallest absolute Gasteiger partial charge is 0.319 e. The molecule has 3 heterocycles. The van der Waals surface area contributed by atoms with Gasteiger partial charge in [-0.15, -0.1) is 0 Å². The van der Waals surface area contributed by atoms with Gasteiger partial charge in [0.15, 0.2) is 0 Å². The van der Waals surface area contributed by atoms with Crippen molar-refractivity contribution in [2.45, 2.75) is 19.1 Å². The van der Waals surface area contributed by atoms with E-state index in [0.29, 0.717) is 43.1 Å². The molecule has 2 aromatic heterocycles. The highest BCUT2D eigenvalue weighted by Crippen LogP contribution is 2.22. The molecule has 0 spiro atoms. The maximum Gasteiger partial charge on any atom is 0.319 e. The molecule has 1 atom stereocenters. The number of nitrogens with zero attached hydrogens (tertiary/aromatic N) is 3. The third kappa shape index (κ3) is 5.40. The molecule has 2 N–H and O–H groups in total. The number of aromatic nitrogens is 2. The van der Waals surface area contributed by atoms with Crippen molar-refractivity contribution >= 4 is 23.3 Å². The molecule has 2 aromatic carbocycles. The number of benzene rings is 2. The average Bonchev–Trinajstić information content (AvgIpc) is 3.53. The number of anilines is 1. The molecule has 35 heavy (non-hydrogen) atoms. The molecule has 0 radical (unpaired) electrons. The second-order valence-corrected chi connectivity index (χ2v) is 8.35. The first-order valence-corrected chi connectivity index (χ1v) is 11.3. The third-order valence-electron chi connectivity index (χ3n) is 5.85. The molecule has 4 aromatic rings. The molecule has 0 bridgehead atoms. The number of likely N-dealkylation sites (tertiary alicyclic amines) is 1. The number of hydrogen-bond donors (Lipinski definition) is 2. The SMILES string of the molecule is O=C(NCc1ccn2ccnc2c1)Nc1ccc(O[C@@H]2CCN(C(=O)c3ccc(F)cc3)C2)cc1. The fraction of sp³-hybridized carbons (Fsp3) is 0.192. The number of ether oxygens (including phenoxy) is 1. The zero-order chi connectivity index (χ0) is 24.2. The van der Waals surface area contributed by atoms with E-state index in [2.05, 4.69) is 15.6 Å². The largest absolute Gasteiger partial charge is 0.489 e. The fourth-order valence-electron chi connectivity index (χ4n) is 4.01. The monoisotopic (exact) mass is 473 g/mol. The zero-order valence-corrected chi connectivity index (χ0v) is 18.9. The lowest BCUT2D eigenvalue weighted by molar-refractivity contribution is 0.0772. The number of fused-ring (bicyclic) bond motifs is 1. The van der Waals surface area contributed by atoms with E-state index in [1.165, 1.54) is 24.3 Å². The Bertz CT molecular complexity index is 1340. The Kier molecular flexibility index (Phi) is 6.30. The quantitative estimate of drug-likeness (QED) is 0.442. The minimum Gasteiger partial charge on any atom is -0.489 e. The third-order valence-corrected chi connectivity index (χ3v) is 5.85. The summed E-state index contributed by atoms with van der Waals surface area (Å²) in [6.07, 6.45) is 6.07. The minimum absolute atomic E-state index is 0.131. The second kappa shape index (κ2) is 9.84. The number of imidazole rings is 1. The Morgan fingerprint density at radius 3 is 2.66 bits per heavy atom. The number of halogens is 1. The summed E-state index contributed by atoms with van der Waals surface area (Å²) in [5, 5.41) is 5.64. The highest BCUT2D eigenvalue weighted by molar-refractivity contribution is 5.94. The van der Waals surface area contributed by atoms with Crippen molar-refractivity contribution in [3.63, 3.8) is 0 Å². The van der Waals surface area contributed by atoms with Crippen LogP contribution in [0.25, 0.3) is 5.65 Å². The summed E-state index contributed by atoms with van der Waals surface area (Å²) in [7, 11) is 0. The molecule has 1 fully saturated rings. The molecule has 0 unspecified atom stereocenters. The highest BCUT2D eigenvalue weighted by Gasteiger charge is 2.28. The van der Waals surface area contributed by atoms with Gasteiger partial charge in [0.1, 0.15) is 23.3 Å². The van der Waals surface area contributed by atoms with Crippen LogP contribution in [0.5, 0.6) is 5.75 Å². The number of urea groups is 1. The van der Waals surface area contributed by atoms with Crippen LogP contribution in [0.15, 0.2) is 79.3 Å². The molecular weight excluding hydrogens is 449 g/mol. The Morgan fingerprint density at radius 2 is 1.86 bits per heavy atom. The number of hydrogen-bond acceptors (Lipinski definition) is 4. The molecule has 0 saturated carbocycles. The van der Waals surface area contributed by atoms with Crippen LogP contribution in [0.4, 0.5) is 14.9 Å². The average molecular weight is 474 g/mol. The van der Waals surface area contributed by atoms with Gasteiger partial charge in [0.25, 0.3) is 5.91 Å². The van der Waals surface area contributed by atoms with Gasteiger partial charge in [-0.1, -0.05) is 0 Å². The normalized spacial score (nSPS) is 15.2. The van der Waals surface area contributed by atoms with E-state index < -0.39 is 0 Å². The summed E-state index contributed by atoms with van der Waals surface area (Å²) < 4.78 is 21.0. The Labute approximate surface area is 201 Å². The summed E-state index contributed by atoms with van der Waals surface area (Å²) in [5.41, 5.74) is 2.87. The molecule has 1 aliphatic heterocycles. The topological polar surface area (TPSA) is 88.0 Å². The van der Waals surface area contributed by atoms with Crippen molar-refractivity contribution < 1.29 is 18.7 Å². The molecular formula is C26H24FN5O3. The summed E-state index contributed by atoms with van der Waals surface area (Å²) in [5.74, 6) is 0.156. The highest BCUT2D eigenvalue weighted by atomic mass is 19.1. The molecule has 3 amide bonds. The van der Waals surface area contributed by atoms with Gasteiger partial charge in [-0.2, -0.15) is 0 Å². The molecule has 9 heteroatoms. The van der Waals surface area contributed by atoms with E-state index in [4.69, 9.17) is 4.74 Å². The van der Waals surface area contributed by atoms with Gasteiger partial charge >= 0.3 is 6.03 Å². The van der Waals surface area contributed by atoms with Gasteiger partial charge in [-0.05, 0) is 66.2 Å². The van der Waals surface area contributed by atoms with Crippen LogP contribution in [0.2, 0.25) is 0 Å². The summed E-state index contributed by atoms with van der Waals surface area (Å²) in [6, 6.07) is 16.2. The van der Waals surface area contributed by atoms with Gasteiger partial charge in [0, 0.05) is 49.4 Å². The Balaban J connectivity index is 1.09. The number of carbonyl (C=O) groups is 2. The number of carbonyl (C=O) groups excluding carboxylic acids is 2. The maximum atomic E-state index is 13.1. The number of amides is 3. The summed E-state index contributed by atoms with van der Waals surface area (Å²) in [4.78, 5) is 30.8. The first-order chi connectivity index (χ1) is 17.0. The lowest BCUT2D eigenvalue weighted by atomic mass is 10.2. The first kappa shape index (κ1) is 22.4. The maximum absolute atomic E-state index is 13.1. The number of nitrogens with one attached hydrogen (secondary N) is 2. The van der Waals surface area contributed by atoms with Crippen molar-refractivity contribution in [1.82, 2.24) is 19.6 Å². The van der Waals surface area contributed by atoms with Gasteiger partial charge in [-0.25, -0.2) is 14.2 Å². The number of rotatable bonds is 6. The first-order valence-electron chi connectivity index (χ1n) is 11.3. The Morgan fingerprint density at radius 1 is 1.06 bits per heavy atom. The van der Waals surface area contributed by atoms with E-state index in [1.807, 2.05) is 28.9 Å². The van der Waals surface area contributed by atoms with Gasteiger partial charge < -0.3 is 24.7 Å². The van der Waals surface area contributed by atoms with Crippen LogP contribution in [0, 0.1) is 5.82 Å². The summed E-state index contributed by atoms with van der Waals surface area (Å²) >= 11 is 0. The predicted octanol–water partition coefficient (Wildman–Crippen LogP) is 4.09. The molecule has 5 rings (SSSR count). The summed E-state index contributed by atoms with van der Waals surface area (Å²) in [6.45, 7) is 1.42. The predicted molar refractivity (Wildman–Crippen MR) is 129 cm³/mol. The number of pyridine rings is 1. The van der Waals surface area contributed by atoms with E-state index >= 15 is 0 Å². The Hall–Kier alpha value is -4.40. The second-order valence-electron chi connectivity index (χ2n) is 8.35. The van der Waals surface area contributed by atoms with Crippen molar-refractivity contribution in [2.24, 2.45) is 0 Å². The van der Waals surface area contributed by atoms with Crippen LogP contribution in [0.1, 0.15) is 22.3 Å². The van der Waals surface area contributed by atoms with E-state index in [1.54, 1.807) is 35.4 Å². The minimum atomic E-state index is -0.369. The van der Waals surface area contributed by atoms with E-state index in [0.717, 1.165) is 11.2 Å². The van der Waals surface area contributed by atoms with Crippen molar-refractivity contribution in [2.75, 3.05) is 18.4 Å². The molecule has 8 nitrogen and oxygen atoms in total. The van der Waals surface area contributed by atoms with E-state index in [9.17, 15) is 14.0 Å². The van der Waals surface area contributed by atoms with Crippen molar-refractivity contribution in [1.29, 1.82) is 0 Å². The fourth-order valence-corrected chi connectivity index (χ4v) is 4.01. The molecule has 0 aliphatic carbocycles. The van der Waals surface area contributed by atoms with Crippen LogP contribution in [-0.4, -0.2) is 45.4 Å². The lowest BCUT2D eigenvalue weighted by Crippen LogP contribution is -2.30. The van der Waals surface area contributed by atoms with Gasteiger partial charge in [-0.3, -0.25) is 4.79 Å². The van der Waals surface area contributed by atoms with E-state index in [-0.39, 0.29) is 23.9 Å².